The van der Waals surface area contributed by atoms with E-state index in [9.17, 15) is 5.11 Å². The molecule has 0 aliphatic rings. The number of methoxy groups -OCH3 is 1. The number of nitrogens with one attached hydrogen (secondary N) is 1. The first kappa shape index (κ1) is 16.5. The highest BCUT2D eigenvalue weighted by Crippen LogP contribution is 2.24. The smallest absolute Gasteiger partial charge is 0.118 e. The standard InChI is InChI=1S/C18H24N2O2/c1-13(2)18(15-4-6-16(22-3)7-5-15)20-12-17(21)14-8-10-19-11-9-14/h4-11,13,17-18,20-21H,12H2,1-3H3. The minimum atomic E-state index is -0.539. The molecule has 2 rings (SSSR count). The van der Waals surface area contributed by atoms with E-state index in [0.717, 1.165) is 11.3 Å². The summed E-state index contributed by atoms with van der Waals surface area (Å²) in [6.45, 7) is 4.83. The fourth-order valence-corrected chi connectivity index (χ4v) is 2.49. The van der Waals surface area contributed by atoms with Crippen molar-refractivity contribution >= 4 is 0 Å². The summed E-state index contributed by atoms with van der Waals surface area (Å²) in [5.41, 5.74) is 2.07. The normalized spacial score (nSPS) is 13.9. The van der Waals surface area contributed by atoms with Gasteiger partial charge in [-0.2, -0.15) is 0 Å². The maximum Gasteiger partial charge on any atom is 0.118 e. The Morgan fingerprint density at radius 1 is 1.05 bits per heavy atom. The third kappa shape index (κ3) is 4.29. The number of aromatic nitrogens is 1. The maximum atomic E-state index is 10.3. The molecule has 1 heterocycles. The van der Waals surface area contributed by atoms with Crippen molar-refractivity contribution in [2.24, 2.45) is 5.92 Å². The van der Waals surface area contributed by atoms with Crippen LogP contribution < -0.4 is 10.1 Å². The second-order valence-electron chi connectivity index (χ2n) is 5.70. The van der Waals surface area contributed by atoms with E-state index >= 15 is 0 Å². The van der Waals surface area contributed by atoms with Crippen LogP contribution in [0.25, 0.3) is 0 Å². The molecule has 2 unspecified atom stereocenters. The Hall–Kier alpha value is -1.91. The predicted octanol–water partition coefficient (Wildman–Crippen LogP) is 3.11. The zero-order chi connectivity index (χ0) is 15.9. The molecular weight excluding hydrogens is 276 g/mol. The lowest BCUT2D eigenvalue weighted by Gasteiger charge is -2.25. The van der Waals surface area contributed by atoms with Gasteiger partial charge < -0.3 is 15.2 Å². The van der Waals surface area contributed by atoms with Gasteiger partial charge in [-0.3, -0.25) is 4.98 Å². The molecule has 4 nitrogen and oxygen atoms in total. The summed E-state index contributed by atoms with van der Waals surface area (Å²) in [6.07, 6.45) is 2.85. The van der Waals surface area contributed by atoms with E-state index in [1.807, 2.05) is 24.3 Å². The van der Waals surface area contributed by atoms with E-state index in [1.165, 1.54) is 5.56 Å². The van der Waals surface area contributed by atoms with Crippen molar-refractivity contribution in [3.8, 4) is 5.75 Å². The first-order valence-electron chi connectivity index (χ1n) is 7.57. The summed E-state index contributed by atoms with van der Waals surface area (Å²) < 4.78 is 5.20. The SMILES string of the molecule is COc1ccc(C(NCC(O)c2ccncc2)C(C)C)cc1. The molecule has 1 aromatic carbocycles. The van der Waals surface area contributed by atoms with Gasteiger partial charge in [-0.05, 0) is 41.3 Å². The maximum absolute atomic E-state index is 10.3. The Morgan fingerprint density at radius 3 is 2.23 bits per heavy atom. The topological polar surface area (TPSA) is 54.4 Å². The fourth-order valence-electron chi connectivity index (χ4n) is 2.49. The monoisotopic (exact) mass is 300 g/mol. The Kier molecular flexibility index (Phi) is 5.92. The van der Waals surface area contributed by atoms with Crippen molar-refractivity contribution in [3.05, 3.63) is 59.9 Å². The van der Waals surface area contributed by atoms with E-state index in [0.29, 0.717) is 12.5 Å². The van der Waals surface area contributed by atoms with Crippen LogP contribution in [0.15, 0.2) is 48.8 Å². The van der Waals surface area contributed by atoms with Gasteiger partial charge in [-0.15, -0.1) is 0 Å². The van der Waals surface area contributed by atoms with Crippen LogP contribution in [0.5, 0.6) is 5.75 Å². The molecule has 2 N–H and O–H groups in total. The minimum absolute atomic E-state index is 0.183. The average molecular weight is 300 g/mol. The number of benzene rings is 1. The quantitative estimate of drug-likeness (QED) is 0.825. The number of hydrogen-bond donors (Lipinski definition) is 2. The molecule has 22 heavy (non-hydrogen) atoms. The van der Waals surface area contributed by atoms with E-state index in [1.54, 1.807) is 19.5 Å². The summed E-state index contributed by atoms with van der Waals surface area (Å²) >= 11 is 0. The number of rotatable bonds is 7. The van der Waals surface area contributed by atoms with Gasteiger partial charge in [0.1, 0.15) is 5.75 Å². The van der Waals surface area contributed by atoms with Crippen LogP contribution in [-0.4, -0.2) is 23.7 Å². The minimum Gasteiger partial charge on any atom is -0.497 e. The van der Waals surface area contributed by atoms with Crippen LogP contribution >= 0.6 is 0 Å². The molecule has 4 heteroatoms. The number of nitrogens with zero attached hydrogens (tertiary/aromatic N) is 1. The van der Waals surface area contributed by atoms with Gasteiger partial charge in [0.05, 0.1) is 13.2 Å². The molecule has 0 saturated heterocycles. The predicted molar refractivity (Wildman–Crippen MR) is 87.8 cm³/mol. The van der Waals surface area contributed by atoms with Crippen molar-refractivity contribution in [1.82, 2.24) is 10.3 Å². The Morgan fingerprint density at radius 2 is 1.68 bits per heavy atom. The zero-order valence-electron chi connectivity index (χ0n) is 13.4. The van der Waals surface area contributed by atoms with Crippen LogP contribution in [0.4, 0.5) is 0 Å². The third-order valence-electron chi connectivity index (χ3n) is 3.76. The molecule has 0 spiro atoms. The first-order valence-corrected chi connectivity index (χ1v) is 7.57. The second kappa shape index (κ2) is 7.92. The van der Waals surface area contributed by atoms with Crippen molar-refractivity contribution in [2.75, 3.05) is 13.7 Å². The van der Waals surface area contributed by atoms with Crippen LogP contribution in [0.2, 0.25) is 0 Å². The van der Waals surface area contributed by atoms with Crippen LogP contribution in [-0.2, 0) is 0 Å². The molecular formula is C18H24N2O2. The van der Waals surface area contributed by atoms with Gasteiger partial charge in [0.2, 0.25) is 0 Å². The number of aliphatic hydroxyl groups is 1. The molecule has 0 aliphatic heterocycles. The molecule has 2 atom stereocenters. The highest BCUT2D eigenvalue weighted by atomic mass is 16.5. The fraction of sp³-hybridized carbons (Fsp3) is 0.389. The molecule has 1 aromatic heterocycles. The molecule has 2 aromatic rings. The lowest BCUT2D eigenvalue weighted by Crippen LogP contribution is -2.29. The number of pyridine rings is 1. The van der Waals surface area contributed by atoms with E-state index in [-0.39, 0.29) is 6.04 Å². The summed E-state index contributed by atoms with van der Waals surface area (Å²) in [4.78, 5) is 3.97. The van der Waals surface area contributed by atoms with Crippen molar-refractivity contribution in [3.63, 3.8) is 0 Å². The molecule has 0 fully saturated rings. The Bertz CT molecular complexity index is 555. The van der Waals surface area contributed by atoms with Crippen molar-refractivity contribution in [1.29, 1.82) is 0 Å². The lowest BCUT2D eigenvalue weighted by atomic mass is 9.95. The molecule has 0 bridgehead atoms. The van der Waals surface area contributed by atoms with Crippen molar-refractivity contribution in [2.45, 2.75) is 26.0 Å². The van der Waals surface area contributed by atoms with Crippen LogP contribution in [0.1, 0.15) is 37.1 Å². The zero-order valence-corrected chi connectivity index (χ0v) is 13.4. The summed E-state index contributed by atoms with van der Waals surface area (Å²) in [5, 5.41) is 13.7. The average Bonchev–Trinajstić information content (AvgIpc) is 2.56. The van der Waals surface area contributed by atoms with E-state index in [4.69, 9.17) is 4.74 Å². The van der Waals surface area contributed by atoms with Gasteiger partial charge in [-0.1, -0.05) is 26.0 Å². The molecule has 0 radical (unpaired) electrons. The van der Waals surface area contributed by atoms with Gasteiger partial charge in [0.25, 0.3) is 0 Å². The molecule has 0 saturated carbocycles. The summed E-state index contributed by atoms with van der Waals surface area (Å²) in [5.74, 6) is 1.26. The highest BCUT2D eigenvalue weighted by Gasteiger charge is 2.17. The summed E-state index contributed by atoms with van der Waals surface area (Å²) in [7, 11) is 1.66. The molecule has 0 aliphatic carbocycles. The van der Waals surface area contributed by atoms with E-state index < -0.39 is 6.10 Å². The third-order valence-corrected chi connectivity index (χ3v) is 3.76. The van der Waals surface area contributed by atoms with Gasteiger partial charge in [0, 0.05) is 25.0 Å². The highest BCUT2D eigenvalue weighted by molar-refractivity contribution is 5.29. The molecule has 0 amide bonds. The van der Waals surface area contributed by atoms with Crippen LogP contribution in [0, 0.1) is 5.92 Å². The first-order chi connectivity index (χ1) is 10.6. The number of ether oxygens (including phenoxy) is 1. The van der Waals surface area contributed by atoms with Crippen LogP contribution in [0.3, 0.4) is 0 Å². The number of hydrogen-bond acceptors (Lipinski definition) is 4. The summed E-state index contributed by atoms with van der Waals surface area (Å²) in [6, 6.07) is 11.9. The van der Waals surface area contributed by atoms with Crippen molar-refractivity contribution < 1.29 is 9.84 Å². The largest absolute Gasteiger partial charge is 0.497 e. The van der Waals surface area contributed by atoms with Gasteiger partial charge in [-0.25, -0.2) is 0 Å². The Labute approximate surface area is 132 Å². The number of aliphatic hydroxyl groups excluding tert-OH is 1. The van der Waals surface area contributed by atoms with Gasteiger partial charge >= 0.3 is 0 Å². The molecule has 118 valence electrons. The lowest BCUT2D eigenvalue weighted by molar-refractivity contribution is 0.165. The Balaban J connectivity index is 2.02. The van der Waals surface area contributed by atoms with Gasteiger partial charge in [0.15, 0.2) is 0 Å². The van der Waals surface area contributed by atoms with E-state index in [2.05, 4.69) is 36.3 Å². The second-order valence-corrected chi connectivity index (χ2v) is 5.70.